The molecule has 0 saturated carbocycles. The number of aromatic nitrogens is 1. The maximum atomic E-state index is 14.3. The first-order valence-corrected chi connectivity index (χ1v) is 13.9. The average Bonchev–Trinajstić information content (AvgIpc) is 3.50. The number of carbonyl (C=O) groups is 2. The highest BCUT2D eigenvalue weighted by molar-refractivity contribution is 5.99. The van der Waals surface area contributed by atoms with Gasteiger partial charge in [-0.05, 0) is 12.5 Å². The minimum atomic E-state index is -1.20. The molecule has 0 bridgehead atoms. The van der Waals surface area contributed by atoms with Crippen LogP contribution in [-0.2, 0) is 17.9 Å². The molecule has 3 heterocycles. The number of pyridine rings is 1. The summed E-state index contributed by atoms with van der Waals surface area (Å²) in [5, 5.41) is 4.11. The van der Waals surface area contributed by atoms with E-state index in [4.69, 9.17) is 9.47 Å². The van der Waals surface area contributed by atoms with Gasteiger partial charge in [0.2, 0.25) is 5.43 Å². The van der Waals surface area contributed by atoms with E-state index in [2.05, 4.69) is 18.5 Å². The summed E-state index contributed by atoms with van der Waals surface area (Å²) in [5.74, 6) is -5.40. The van der Waals surface area contributed by atoms with Gasteiger partial charge in [-0.1, -0.05) is 42.5 Å². The van der Waals surface area contributed by atoms with E-state index in [9.17, 15) is 27.6 Å². The number of nitrogens with zero attached hydrogens (tertiary/aromatic N) is 3. The van der Waals surface area contributed by atoms with Gasteiger partial charge in [0.15, 0.2) is 11.4 Å². The van der Waals surface area contributed by atoms with Gasteiger partial charge in [-0.15, -0.1) is 13.2 Å². The van der Waals surface area contributed by atoms with Crippen molar-refractivity contribution >= 4 is 11.8 Å². The Morgan fingerprint density at radius 3 is 2.48 bits per heavy atom. The number of ether oxygens (including phenoxy) is 2. The van der Waals surface area contributed by atoms with Gasteiger partial charge in [0.05, 0.1) is 6.61 Å². The summed E-state index contributed by atoms with van der Waals surface area (Å²) in [6, 6.07) is 9.47. The molecule has 0 spiro atoms. The van der Waals surface area contributed by atoms with E-state index < -0.39 is 63.9 Å². The summed E-state index contributed by atoms with van der Waals surface area (Å²) >= 11 is 0. The van der Waals surface area contributed by atoms with Crippen LogP contribution in [0.4, 0.5) is 13.2 Å². The van der Waals surface area contributed by atoms with Crippen molar-refractivity contribution in [3.05, 3.63) is 124 Å². The van der Waals surface area contributed by atoms with E-state index in [0.29, 0.717) is 30.7 Å². The maximum Gasteiger partial charge on any atom is 0.278 e. The van der Waals surface area contributed by atoms with Crippen molar-refractivity contribution in [2.24, 2.45) is 0 Å². The topological polar surface area (TPSA) is 93.1 Å². The van der Waals surface area contributed by atoms with E-state index >= 15 is 0 Å². The second-order valence-electron chi connectivity index (χ2n) is 10.6. The zero-order chi connectivity index (χ0) is 31.6. The van der Waals surface area contributed by atoms with E-state index in [1.54, 1.807) is 48.4 Å². The average molecular weight is 609 g/mol. The highest BCUT2D eigenvalue weighted by Crippen LogP contribution is 2.33. The van der Waals surface area contributed by atoms with E-state index in [-0.39, 0.29) is 31.3 Å². The second-order valence-corrected chi connectivity index (χ2v) is 10.6. The zero-order valence-corrected chi connectivity index (χ0v) is 24.0. The molecule has 0 radical (unpaired) electrons. The molecular formula is C32H31F3N4O5. The van der Waals surface area contributed by atoms with Gasteiger partial charge in [-0.3, -0.25) is 24.1 Å². The number of nitrogens with one attached hydrogen (secondary N) is 1. The Morgan fingerprint density at radius 2 is 1.86 bits per heavy atom. The van der Waals surface area contributed by atoms with Crippen LogP contribution < -0.4 is 20.5 Å². The number of halogens is 3. The van der Waals surface area contributed by atoms with E-state index in [1.165, 1.54) is 15.8 Å². The molecule has 230 valence electrons. The van der Waals surface area contributed by atoms with Gasteiger partial charge in [0.1, 0.15) is 41.8 Å². The van der Waals surface area contributed by atoms with Crippen LogP contribution in [-0.4, -0.2) is 52.9 Å². The number of amides is 2. The summed E-state index contributed by atoms with van der Waals surface area (Å²) in [6.45, 7) is 9.49. The number of benzene rings is 2. The lowest BCUT2D eigenvalue weighted by Gasteiger charge is -2.48. The Hall–Kier alpha value is -4.84. The Balaban J connectivity index is 1.64. The third kappa shape index (κ3) is 5.60. The molecule has 2 atom stereocenters. The fraction of sp³-hybridized carbons (Fsp3) is 0.281. The first-order valence-electron chi connectivity index (χ1n) is 13.9. The van der Waals surface area contributed by atoms with Crippen LogP contribution in [0.25, 0.3) is 0 Å². The van der Waals surface area contributed by atoms with Crippen molar-refractivity contribution in [1.29, 1.82) is 0 Å². The highest BCUT2D eigenvalue weighted by atomic mass is 19.1. The van der Waals surface area contributed by atoms with Gasteiger partial charge >= 0.3 is 0 Å². The zero-order valence-electron chi connectivity index (χ0n) is 24.0. The van der Waals surface area contributed by atoms with Crippen LogP contribution >= 0.6 is 0 Å². The molecule has 1 unspecified atom stereocenters. The molecule has 44 heavy (non-hydrogen) atoms. The quantitative estimate of drug-likeness (QED) is 0.350. The predicted octanol–water partition coefficient (Wildman–Crippen LogP) is 4.05. The lowest BCUT2D eigenvalue weighted by molar-refractivity contribution is 0.0611. The number of carbonyl (C=O) groups excluding carboxylic acids is 2. The molecular weight excluding hydrogens is 577 g/mol. The minimum absolute atomic E-state index is 0.0302. The Kier molecular flexibility index (Phi) is 8.63. The van der Waals surface area contributed by atoms with Crippen LogP contribution in [0.3, 0.4) is 0 Å². The fourth-order valence-electron chi connectivity index (χ4n) is 5.24. The van der Waals surface area contributed by atoms with Gasteiger partial charge in [0.25, 0.3) is 11.8 Å². The van der Waals surface area contributed by atoms with Crippen LogP contribution in [0.1, 0.15) is 45.3 Å². The van der Waals surface area contributed by atoms with Crippen molar-refractivity contribution in [2.45, 2.75) is 38.1 Å². The van der Waals surface area contributed by atoms with Crippen LogP contribution in [0.5, 0.6) is 5.75 Å². The van der Waals surface area contributed by atoms with E-state index in [0.717, 1.165) is 0 Å². The highest BCUT2D eigenvalue weighted by Gasteiger charge is 2.46. The van der Waals surface area contributed by atoms with Crippen molar-refractivity contribution in [3.8, 4) is 5.75 Å². The molecule has 3 aromatic rings. The Bertz CT molecular complexity index is 1650. The molecule has 2 aliphatic rings. The molecule has 1 aromatic heterocycles. The van der Waals surface area contributed by atoms with Crippen LogP contribution in [0.15, 0.2) is 78.8 Å². The lowest BCUT2D eigenvalue weighted by atomic mass is 9.97. The number of hydrogen-bond acceptors (Lipinski definition) is 6. The molecule has 1 fully saturated rings. The van der Waals surface area contributed by atoms with Crippen LogP contribution in [0.2, 0.25) is 0 Å². The first-order chi connectivity index (χ1) is 21.1. The normalized spacial score (nSPS) is 18.5. The number of rotatable bonds is 10. The number of fused-ring (bicyclic) bond motifs is 1. The molecule has 1 N–H and O–H groups in total. The van der Waals surface area contributed by atoms with Crippen molar-refractivity contribution < 1.29 is 32.2 Å². The third-order valence-corrected chi connectivity index (χ3v) is 7.92. The largest absolute Gasteiger partial charge is 0.482 e. The Morgan fingerprint density at radius 1 is 1.16 bits per heavy atom. The molecule has 12 heteroatoms. The van der Waals surface area contributed by atoms with Crippen molar-refractivity contribution in [1.82, 2.24) is 14.9 Å². The smallest absolute Gasteiger partial charge is 0.278 e. The minimum Gasteiger partial charge on any atom is -0.482 e. The van der Waals surface area contributed by atoms with E-state index in [1.807, 2.05) is 6.07 Å². The van der Waals surface area contributed by atoms with Gasteiger partial charge < -0.3 is 19.7 Å². The molecule has 2 aliphatic heterocycles. The summed E-state index contributed by atoms with van der Waals surface area (Å²) in [6.07, 6.45) is 4.99. The van der Waals surface area contributed by atoms with Crippen LogP contribution in [0, 0.1) is 17.5 Å². The van der Waals surface area contributed by atoms with Gasteiger partial charge in [-0.2, -0.15) is 0 Å². The summed E-state index contributed by atoms with van der Waals surface area (Å²) in [5.41, 5.74) is -2.17. The number of hydrogen-bond donors (Lipinski definition) is 1. The second kappa shape index (κ2) is 12.4. The molecule has 2 aromatic carbocycles. The molecule has 1 saturated heterocycles. The maximum absolute atomic E-state index is 14.3. The third-order valence-electron chi connectivity index (χ3n) is 7.92. The molecule has 2 amide bonds. The monoisotopic (exact) mass is 608 g/mol. The standard InChI is InChI=1S/C32H31F3N4O5/c1-4-20(3)37-19-39(32(5-2)11-12-43-18-32)38-16-24(30(41)36-15-23-25(34)13-22(33)14-26(23)35)28(40)29(27(38)31(37)42)44-17-21-9-7-6-8-10-21/h4-10,13-14,16,20H,1-2,11-12,15,17-19H2,3H3,(H,36,41)/t20-,32?/m0/s1. The van der Waals surface area contributed by atoms with Crippen molar-refractivity contribution in [3.63, 3.8) is 0 Å². The lowest BCUT2D eigenvalue weighted by Crippen LogP contribution is -2.64. The fourth-order valence-corrected chi connectivity index (χ4v) is 5.24. The van der Waals surface area contributed by atoms with Crippen molar-refractivity contribution in [2.75, 3.05) is 24.9 Å². The molecule has 0 aliphatic carbocycles. The first kappa shape index (κ1) is 30.6. The van der Waals surface area contributed by atoms with Gasteiger partial charge in [-0.25, -0.2) is 13.2 Å². The predicted molar refractivity (Wildman–Crippen MR) is 156 cm³/mol. The summed E-state index contributed by atoms with van der Waals surface area (Å²) in [4.78, 5) is 42.9. The molecule has 9 nitrogen and oxygen atoms in total. The SMILES string of the molecule is C=C[C@H](C)N1CN(C2(C=C)CCOC2)n2cc(C(=O)NCc3c(F)cc(F)cc3F)c(=O)c(OCc3ccccc3)c2C1=O. The summed E-state index contributed by atoms with van der Waals surface area (Å²) in [7, 11) is 0. The molecule has 5 rings (SSSR count). The summed E-state index contributed by atoms with van der Waals surface area (Å²) < 4.78 is 55.1. The Labute approximate surface area is 251 Å². The van der Waals surface area contributed by atoms with Gasteiger partial charge in [0, 0.05) is 49.5 Å².